The maximum atomic E-state index is 12.8. The Kier molecular flexibility index (Phi) is 7.49. The molecule has 1 amide bonds. The number of aryl methyl sites for hydroxylation is 4. The lowest BCUT2D eigenvalue weighted by Crippen LogP contribution is -2.50. The molecule has 2 heterocycles. The molecule has 0 aliphatic carbocycles. The minimum atomic E-state index is -1.80. The molecule has 3 rings (SSSR count). The minimum absolute atomic E-state index is 0.173. The van der Waals surface area contributed by atoms with Crippen LogP contribution in [-0.4, -0.2) is 81.0 Å². The molecule has 0 saturated heterocycles. The molecule has 4 atom stereocenters. The van der Waals surface area contributed by atoms with Crippen molar-refractivity contribution in [1.82, 2.24) is 4.90 Å². The molecular formula is C24H31NO9. The molecule has 0 saturated carbocycles. The Morgan fingerprint density at radius 1 is 0.912 bits per heavy atom. The average Bonchev–Trinajstić information content (AvgIpc) is 3.09. The largest absolute Gasteiger partial charge is 0.461 e. The van der Waals surface area contributed by atoms with E-state index in [2.05, 4.69) is 0 Å². The minimum Gasteiger partial charge on any atom is -0.461 e. The molecule has 3 aromatic rings. The summed E-state index contributed by atoms with van der Waals surface area (Å²) in [4.78, 5) is 26.7. The number of fused-ring (bicyclic) bond motifs is 2. The number of furan rings is 1. The van der Waals surface area contributed by atoms with Gasteiger partial charge in [-0.1, -0.05) is 0 Å². The number of nitrogens with zero attached hydrogens (tertiary/aromatic N) is 1. The van der Waals surface area contributed by atoms with Crippen LogP contribution >= 0.6 is 0 Å². The molecule has 0 aliphatic rings. The van der Waals surface area contributed by atoms with Crippen LogP contribution in [0.3, 0.4) is 0 Å². The highest BCUT2D eigenvalue weighted by molar-refractivity contribution is 6.00. The summed E-state index contributed by atoms with van der Waals surface area (Å²) < 4.78 is 11.4. The van der Waals surface area contributed by atoms with Gasteiger partial charge in [-0.3, -0.25) is 4.79 Å². The Morgan fingerprint density at radius 2 is 1.47 bits per heavy atom. The Hall–Kier alpha value is -2.76. The lowest BCUT2D eigenvalue weighted by Gasteiger charge is -2.28. The summed E-state index contributed by atoms with van der Waals surface area (Å²) in [7, 11) is 1.37. The summed E-state index contributed by atoms with van der Waals surface area (Å²) in [6.45, 7) is 6.16. The van der Waals surface area contributed by atoms with Gasteiger partial charge in [0.05, 0.1) is 18.6 Å². The van der Waals surface area contributed by atoms with Crippen LogP contribution in [0.1, 0.15) is 28.0 Å². The van der Waals surface area contributed by atoms with Gasteiger partial charge in [0.2, 0.25) is 5.91 Å². The molecular weight excluding hydrogens is 446 g/mol. The topological polar surface area (TPSA) is 165 Å². The van der Waals surface area contributed by atoms with Gasteiger partial charge < -0.3 is 39.3 Å². The molecule has 0 fully saturated rings. The van der Waals surface area contributed by atoms with E-state index in [-0.39, 0.29) is 18.5 Å². The second-order valence-corrected chi connectivity index (χ2v) is 8.78. The fourth-order valence-corrected chi connectivity index (χ4v) is 4.04. The summed E-state index contributed by atoms with van der Waals surface area (Å²) in [5.74, 6) is 0.245. The van der Waals surface area contributed by atoms with Crippen molar-refractivity contribution >= 4 is 27.8 Å². The number of hydrogen-bond acceptors (Lipinski definition) is 9. The molecule has 0 radical (unpaired) electrons. The molecule has 2 aromatic heterocycles. The average molecular weight is 478 g/mol. The van der Waals surface area contributed by atoms with Crippen molar-refractivity contribution in [3.05, 3.63) is 44.5 Å². The zero-order chi connectivity index (χ0) is 25.5. The molecule has 0 spiro atoms. The van der Waals surface area contributed by atoms with E-state index in [1.165, 1.54) is 7.05 Å². The summed E-state index contributed by atoms with van der Waals surface area (Å²) in [5.41, 5.74) is 2.82. The van der Waals surface area contributed by atoms with E-state index < -0.39 is 42.6 Å². The number of likely N-dealkylation sites (N-methyl/N-ethyl adjacent to an activating group) is 1. The number of aliphatic hydroxyl groups excluding tert-OH is 5. The van der Waals surface area contributed by atoms with Gasteiger partial charge >= 0.3 is 5.63 Å². The maximum Gasteiger partial charge on any atom is 0.340 e. The fraction of sp³-hybridized carbons (Fsp3) is 0.500. The van der Waals surface area contributed by atoms with Crippen LogP contribution in [0.25, 0.3) is 21.9 Å². The van der Waals surface area contributed by atoms with Crippen molar-refractivity contribution in [3.63, 3.8) is 0 Å². The molecule has 1 aromatic carbocycles. The highest BCUT2D eigenvalue weighted by Crippen LogP contribution is 2.34. The number of carbonyl (C=O) groups excluding carboxylic acids is 1. The van der Waals surface area contributed by atoms with Gasteiger partial charge in [-0.25, -0.2) is 4.79 Å². The normalized spacial score (nSPS) is 15.5. The van der Waals surface area contributed by atoms with E-state index in [0.29, 0.717) is 27.7 Å². The molecule has 10 heteroatoms. The number of rotatable bonds is 8. The summed E-state index contributed by atoms with van der Waals surface area (Å²) in [5, 5.41) is 49.8. The van der Waals surface area contributed by atoms with Gasteiger partial charge in [0.15, 0.2) is 0 Å². The third kappa shape index (κ3) is 4.59. The maximum absolute atomic E-state index is 12.8. The van der Waals surface area contributed by atoms with Crippen LogP contribution in [0.2, 0.25) is 0 Å². The van der Waals surface area contributed by atoms with E-state index in [1.807, 2.05) is 26.8 Å². The van der Waals surface area contributed by atoms with E-state index in [1.54, 1.807) is 6.92 Å². The van der Waals surface area contributed by atoms with Gasteiger partial charge in [0.1, 0.15) is 41.3 Å². The van der Waals surface area contributed by atoms with Gasteiger partial charge in [-0.05, 0) is 44.9 Å². The second-order valence-electron chi connectivity index (χ2n) is 8.78. The predicted octanol–water partition coefficient (Wildman–Crippen LogP) is 0.210. The number of benzene rings is 1. The van der Waals surface area contributed by atoms with Crippen LogP contribution in [0, 0.1) is 27.7 Å². The Balaban J connectivity index is 1.88. The van der Waals surface area contributed by atoms with Crippen LogP contribution in [0.15, 0.2) is 19.7 Å². The van der Waals surface area contributed by atoms with Crippen molar-refractivity contribution in [2.75, 3.05) is 20.2 Å². The lowest BCUT2D eigenvalue weighted by molar-refractivity contribution is -0.137. The summed E-state index contributed by atoms with van der Waals surface area (Å²) in [6.07, 6.45) is -7.13. The van der Waals surface area contributed by atoms with Crippen LogP contribution in [0.5, 0.6) is 0 Å². The van der Waals surface area contributed by atoms with Crippen molar-refractivity contribution < 1.29 is 39.2 Å². The third-order valence-electron chi connectivity index (χ3n) is 6.48. The SMILES string of the molecule is Cc1oc2c(C)c3oc(=O)c(CC(=O)N(C)C[C@@H](O)[C@H](O)[C@H](O)[C@H](O)CO)c(C)c3cc2c1C. The first-order valence-corrected chi connectivity index (χ1v) is 10.9. The first kappa shape index (κ1) is 25.9. The first-order valence-electron chi connectivity index (χ1n) is 10.9. The number of aliphatic hydroxyl groups is 5. The van der Waals surface area contributed by atoms with E-state index in [9.17, 15) is 30.0 Å². The van der Waals surface area contributed by atoms with Crippen LogP contribution < -0.4 is 5.63 Å². The van der Waals surface area contributed by atoms with Gasteiger partial charge in [0, 0.05) is 29.9 Å². The number of hydrogen-bond donors (Lipinski definition) is 5. The molecule has 5 N–H and O–H groups in total. The zero-order valence-electron chi connectivity index (χ0n) is 19.8. The Morgan fingerprint density at radius 3 is 2.09 bits per heavy atom. The number of amides is 1. The van der Waals surface area contributed by atoms with Gasteiger partial charge in [-0.15, -0.1) is 0 Å². The molecule has 0 aliphatic heterocycles. The van der Waals surface area contributed by atoms with Gasteiger partial charge in [-0.2, -0.15) is 0 Å². The Labute approximate surface area is 195 Å². The van der Waals surface area contributed by atoms with E-state index >= 15 is 0 Å². The second kappa shape index (κ2) is 9.85. The van der Waals surface area contributed by atoms with Crippen LogP contribution in [-0.2, 0) is 11.2 Å². The van der Waals surface area contributed by atoms with E-state index in [0.717, 1.165) is 21.6 Å². The zero-order valence-corrected chi connectivity index (χ0v) is 19.8. The summed E-state index contributed by atoms with van der Waals surface area (Å²) >= 11 is 0. The molecule has 10 nitrogen and oxygen atoms in total. The summed E-state index contributed by atoms with van der Waals surface area (Å²) in [6, 6.07) is 1.88. The standard InChI is InChI=1S/C24H31NO9/c1-10-13(4)33-22-12(3)23-15(6-14(10)22)11(2)16(24(32)34-23)7-19(29)25(5)8-17(27)20(30)21(31)18(28)9-26/h6,17-18,20-21,26-28,30-31H,7-9H2,1-5H3/t17-,18-,20+,21-/m1/s1. The number of carbonyl (C=O) groups is 1. The van der Waals surface area contributed by atoms with Crippen molar-refractivity contribution in [3.8, 4) is 0 Å². The highest BCUT2D eigenvalue weighted by atomic mass is 16.4. The molecule has 0 bridgehead atoms. The smallest absolute Gasteiger partial charge is 0.340 e. The van der Waals surface area contributed by atoms with Crippen molar-refractivity contribution in [2.45, 2.75) is 58.5 Å². The quantitative estimate of drug-likeness (QED) is 0.285. The molecule has 186 valence electrons. The molecule has 34 heavy (non-hydrogen) atoms. The van der Waals surface area contributed by atoms with Gasteiger partial charge in [0.25, 0.3) is 0 Å². The fourth-order valence-electron chi connectivity index (χ4n) is 4.04. The lowest BCUT2D eigenvalue weighted by atomic mass is 9.98. The highest BCUT2D eigenvalue weighted by Gasteiger charge is 2.31. The van der Waals surface area contributed by atoms with Crippen LogP contribution in [0.4, 0.5) is 0 Å². The third-order valence-corrected chi connectivity index (χ3v) is 6.48. The van der Waals surface area contributed by atoms with Crippen molar-refractivity contribution in [1.29, 1.82) is 0 Å². The van der Waals surface area contributed by atoms with Crippen molar-refractivity contribution in [2.24, 2.45) is 0 Å². The Bertz CT molecular complexity index is 1280. The predicted molar refractivity (Wildman–Crippen MR) is 124 cm³/mol. The molecule has 0 unspecified atom stereocenters. The first-order chi connectivity index (χ1) is 15.9. The van der Waals surface area contributed by atoms with E-state index in [4.69, 9.17) is 13.9 Å². The monoisotopic (exact) mass is 477 g/mol.